The molecule has 0 unspecified atom stereocenters. The normalized spacial score (nSPS) is 14.6. The number of nitrogens with one attached hydrogen (secondary N) is 1. The molecule has 7 nitrogen and oxygen atoms in total. The van der Waals surface area contributed by atoms with Crippen LogP contribution in [0.2, 0.25) is 10.0 Å². The lowest BCUT2D eigenvalue weighted by molar-refractivity contribution is 0.148. The Morgan fingerprint density at radius 1 is 0.974 bits per heavy atom. The molecule has 0 bridgehead atoms. The molecule has 1 aliphatic rings. The predicted molar refractivity (Wildman–Crippen MR) is 158 cm³/mol. The summed E-state index contributed by atoms with van der Waals surface area (Å²) in [5.41, 5.74) is 6.81. The summed E-state index contributed by atoms with van der Waals surface area (Å²) in [6, 6.07) is 16.0. The van der Waals surface area contributed by atoms with Crippen LogP contribution in [0.25, 0.3) is 16.8 Å². The molecule has 1 fully saturated rings. The van der Waals surface area contributed by atoms with Crippen molar-refractivity contribution in [2.24, 2.45) is 0 Å². The third-order valence-corrected chi connectivity index (χ3v) is 7.55. The number of pyridine rings is 1. The van der Waals surface area contributed by atoms with Crippen LogP contribution >= 0.6 is 23.2 Å². The highest BCUT2D eigenvalue weighted by atomic mass is 35.5. The number of carbonyl (C=O) groups excluding carboxylic acids is 1. The second-order valence-electron chi connectivity index (χ2n) is 10.1. The fourth-order valence-corrected chi connectivity index (χ4v) is 5.51. The number of imidazole rings is 1. The standard InChI is InChI=1S/C30H33Cl2N5O2/c1-4-27-29(34-30(38)39-19-22-14-25(31)16-26(32)15-22)37-18-24(13-20(2)28(37)33-27)23-7-5-21(6-8-23)17-36-11-9-35(3)10-12-36/h5-8,13-16,18H,4,9-12,17,19H2,1-3H3,(H,34,38). The molecular weight excluding hydrogens is 533 g/mol. The lowest BCUT2D eigenvalue weighted by Gasteiger charge is -2.32. The number of halogens is 2. The number of aromatic nitrogens is 2. The summed E-state index contributed by atoms with van der Waals surface area (Å²) < 4.78 is 7.41. The van der Waals surface area contributed by atoms with Gasteiger partial charge < -0.3 is 9.64 Å². The maximum atomic E-state index is 12.8. The predicted octanol–water partition coefficient (Wildman–Crippen LogP) is 6.68. The van der Waals surface area contributed by atoms with Gasteiger partial charge in [0.1, 0.15) is 18.1 Å². The Morgan fingerprint density at radius 2 is 1.67 bits per heavy atom. The van der Waals surface area contributed by atoms with Crippen LogP contribution in [0.5, 0.6) is 0 Å². The molecule has 0 atom stereocenters. The van der Waals surface area contributed by atoms with Gasteiger partial charge in [-0.25, -0.2) is 9.78 Å². The first kappa shape index (κ1) is 27.5. The van der Waals surface area contributed by atoms with Crippen molar-refractivity contribution in [1.29, 1.82) is 0 Å². The van der Waals surface area contributed by atoms with Gasteiger partial charge in [0.2, 0.25) is 0 Å². The molecule has 0 radical (unpaired) electrons. The van der Waals surface area contributed by atoms with E-state index in [1.165, 1.54) is 5.56 Å². The molecule has 4 aromatic rings. The molecule has 5 rings (SSSR count). The van der Waals surface area contributed by atoms with Crippen LogP contribution in [0.1, 0.15) is 29.3 Å². The first-order valence-electron chi connectivity index (χ1n) is 13.2. The SMILES string of the molecule is CCc1nc2c(C)cc(-c3ccc(CN4CCN(C)CC4)cc3)cn2c1NC(=O)OCc1cc(Cl)cc(Cl)c1. The fourth-order valence-electron chi connectivity index (χ4n) is 4.94. The summed E-state index contributed by atoms with van der Waals surface area (Å²) in [7, 11) is 2.18. The van der Waals surface area contributed by atoms with E-state index in [0.717, 1.165) is 60.8 Å². The number of hydrogen-bond acceptors (Lipinski definition) is 5. The van der Waals surface area contributed by atoms with E-state index in [2.05, 4.69) is 52.5 Å². The second-order valence-corrected chi connectivity index (χ2v) is 11.0. The van der Waals surface area contributed by atoms with Gasteiger partial charge in [-0.3, -0.25) is 14.6 Å². The van der Waals surface area contributed by atoms with E-state index in [-0.39, 0.29) is 6.61 Å². The highest BCUT2D eigenvalue weighted by Crippen LogP contribution is 2.28. The Hall–Kier alpha value is -3.10. The number of piperazine rings is 1. The summed E-state index contributed by atoms with van der Waals surface area (Å²) in [4.78, 5) is 22.4. The van der Waals surface area contributed by atoms with E-state index in [0.29, 0.717) is 27.8 Å². The van der Waals surface area contributed by atoms with Crippen molar-refractivity contribution in [3.05, 3.63) is 87.2 Å². The van der Waals surface area contributed by atoms with Gasteiger partial charge in [0.15, 0.2) is 0 Å². The quantitative estimate of drug-likeness (QED) is 0.271. The van der Waals surface area contributed by atoms with Gasteiger partial charge in [0.25, 0.3) is 0 Å². The fraction of sp³-hybridized carbons (Fsp3) is 0.333. The molecule has 39 heavy (non-hydrogen) atoms. The molecule has 1 amide bonds. The highest BCUT2D eigenvalue weighted by Gasteiger charge is 2.18. The smallest absolute Gasteiger partial charge is 0.413 e. The minimum Gasteiger partial charge on any atom is -0.444 e. The Bertz CT molecular complexity index is 1460. The van der Waals surface area contributed by atoms with Crippen molar-refractivity contribution in [2.45, 2.75) is 33.4 Å². The Labute approximate surface area is 239 Å². The van der Waals surface area contributed by atoms with Crippen LogP contribution in [-0.4, -0.2) is 58.5 Å². The minimum atomic E-state index is -0.570. The van der Waals surface area contributed by atoms with Crippen molar-refractivity contribution in [3.8, 4) is 11.1 Å². The van der Waals surface area contributed by atoms with Gasteiger partial charge in [-0.1, -0.05) is 54.4 Å². The van der Waals surface area contributed by atoms with Crippen LogP contribution < -0.4 is 5.32 Å². The van der Waals surface area contributed by atoms with Crippen LogP contribution in [0.3, 0.4) is 0 Å². The Balaban J connectivity index is 1.34. The van der Waals surface area contributed by atoms with Gasteiger partial charge >= 0.3 is 6.09 Å². The summed E-state index contributed by atoms with van der Waals surface area (Å²) in [5, 5.41) is 3.90. The summed E-state index contributed by atoms with van der Waals surface area (Å²) >= 11 is 12.1. The van der Waals surface area contributed by atoms with Gasteiger partial charge in [-0.2, -0.15) is 0 Å². The number of aryl methyl sites for hydroxylation is 2. The number of fused-ring (bicyclic) bond motifs is 1. The lowest BCUT2D eigenvalue weighted by Crippen LogP contribution is -2.43. The summed E-state index contributed by atoms with van der Waals surface area (Å²) in [6.07, 6.45) is 2.12. The molecule has 0 aliphatic carbocycles. The largest absolute Gasteiger partial charge is 0.444 e. The molecule has 2 aromatic heterocycles. The zero-order valence-corrected chi connectivity index (χ0v) is 24.0. The molecule has 2 aromatic carbocycles. The number of carbonyl (C=O) groups is 1. The lowest BCUT2D eigenvalue weighted by atomic mass is 10.0. The monoisotopic (exact) mass is 565 g/mol. The number of ether oxygens (including phenoxy) is 1. The number of likely N-dealkylation sites (N-methyl/N-ethyl adjacent to an activating group) is 1. The minimum absolute atomic E-state index is 0.0507. The number of benzene rings is 2. The molecular formula is C30H33Cl2N5O2. The van der Waals surface area contributed by atoms with E-state index in [1.54, 1.807) is 18.2 Å². The molecule has 0 spiro atoms. The topological polar surface area (TPSA) is 62.1 Å². The van der Waals surface area contributed by atoms with Crippen LogP contribution in [-0.2, 0) is 24.3 Å². The van der Waals surface area contributed by atoms with E-state index in [1.807, 2.05) is 24.4 Å². The van der Waals surface area contributed by atoms with E-state index in [4.69, 9.17) is 32.9 Å². The third kappa shape index (κ3) is 6.56. The molecule has 1 N–H and O–H groups in total. The van der Waals surface area contributed by atoms with Gasteiger partial charge in [-0.05, 0) is 72.5 Å². The van der Waals surface area contributed by atoms with Crippen molar-refractivity contribution >= 4 is 40.8 Å². The number of hydrogen-bond donors (Lipinski definition) is 1. The molecule has 204 valence electrons. The van der Waals surface area contributed by atoms with Crippen molar-refractivity contribution in [3.63, 3.8) is 0 Å². The Morgan fingerprint density at radius 3 is 2.33 bits per heavy atom. The van der Waals surface area contributed by atoms with Crippen molar-refractivity contribution in [1.82, 2.24) is 19.2 Å². The van der Waals surface area contributed by atoms with Gasteiger partial charge in [0.05, 0.1) is 5.69 Å². The van der Waals surface area contributed by atoms with E-state index < -0.39 is 6.09 Å². The van der Waals surface area contributed by atoms with Crippen LogP contribution in [0, 0.1) is 6.92 Å². The molecule has 3 heterocycles. The maximum absolute atomic E-state index is 12.8. The maximum Gasteiger partial charge on any atom is 0.413 e. The number of nitrogens with zero attached hydrogens (tertiary/aromatic N) is 4. The average Bonchev–Trinajstić information content (AvgIpc) is 3.26. The number of anilines is 1. The number of amides is 1. The first-order chi connectivity index (χ1) is 18.8. The molecule has 1 saturated heterocycles. The van der Waals surface area contributed by atoms with Gasteiger partial charge in [-0.15, -0.1) is 0 Å². The first-order valence-corrected chi connectivity index (χ1v) is 13.9. The second kappa shape index (κ2) is 12.0. The molecule has 1 aliphatic heterocycles. The van der Waals surface area contributed by atoms with Crippen LogP contribution in [0.15, 0.2) is 54.7 Å². The van der Waals surface area contributed by atoms with E-state index >= 15 is 0 Å². The van der Waals surface area contributed by atoms with Gasteiger partial charge in [0, 0.05) is 49.0 Å². The number of rotatable bonds is 7. The third-order valence-electron chi connectivity index (χ3n) is 7.11. The molecule has 0 saturated carbocycles. The summed E-state index contributed by atoms with van der Waals surface area (Å²) in [5.74, 6) is 0.610. The van der Waals surface area contributed by atoms with Crippen molar-refractivity contribution < 1.29 is 9.53 Å². The van der Waals surface area contributed by atoms with E-state index in [9.17, 15) is 4.79 Å². The average molecular weight is 567 g/mol. The Kier molecular flexibility index (Phi) is 8.43. The summed E-state index contributed by atoms with van der Waals surface area (Å²) in [6.45, 7) is 9.49. The zero-order valence-electron chi connectivity index (χ0n) is 22.5. The van der Waals surface area contributed by atoms with Crippen molar-refractivity contribution in [2.75, 3.05) is 38.5 Å². The highest BCUT2D eigenvalue weighted by molar-refractivity contribution is 6.34. The van der Waals surface area contributed by atoms with Crippen LogP contribution in [0.4, 0.5) is 10.6 Å². The molecule has 9 heteroatoms. The zero-order chi connectivity index (χ0) is 27.5.